The molecule has 1 heterocycles. The maximum absolute atomic E-state index is 11.9. The van der Waals surface area contributed by atoms with Gasteiger partial charge in [-0.1, -0.05) is 13.8 Å². The van der Waals surface area contributed by atoms with E-state index in [1.807, 2.05) is 19.1 Å². The van der Waals surface area contributed by atoms with E-state index in [-0.39, 0.29) is 5.91 Å². The van der Waals surface area contributed by atoms with E-state index in [0.29, 0.717) is 17.5 Å². The predicted molar refractivity (Wildman–Crippen MR) is 84.1 cm³/mol. The molecule has 1 aromatic carbocycles. The van der Waals surface area contributed by atoms with Crippen molar-refractivity contribution in [2.24, 2.45) is 5.41 Å². The minimum absolute atomic E-state index is 0.0370. The second-order valence-electron chi connectivity index (χ2n) is 6.32. The molecule has 1 amide bonds. The number of piperidine rings is 1. The lowest BCUT2D eigenvalue weighted by Crippen LogP contribution is -2.40. The number of nitrogen functional groups attached to an aromatic ring is 1. The number of anilines is 2. The minimum atomic E-state index is -0.0370. The standard InChI is InChI=1S/C16H25N3O/c1-4-18-15(20)12-6-7-13(17)14(10-12)19-9-5-8-16(2,3)11-19/h6-7,10H,4-5,8-9,11,17H2,1-3H3,(H,18,20). The maximum Gasteiger partial charge on any atom is 0.251 e. The zero-order valence-electron chi connectivity index (χ0n) is 12.7. The average molecular weight is 275 g/mol. The SMILES string of the molecule is CCNC(=O)c1ccc(N)c(N2CCCC(C)(C)C2)c1. The van der Waals surface area contributed by atoms with E-state index >= 15 is 0 Å². The third-order valence-corrected chi connectivity index (χ3v) is 3.87. The summed E-state index contributed by atoms with van der Waals surface area (Å²) < 4.78 is 0. The highest BCUT2D eigenvalue weighted by Gasteiger charge is 2.27. The molecule has 1 aliphatic heterocycles. The van der Waals surface area contributed by atoms with Gasteiger partial charge in [-0.25, -0.2) is 0 Å². The predicted octanol–water partition coefficient (Wildman–Crippen LogP) is 2.64. The summed E-state index contributed by atoms with van der Waals surface area (Å²) in [6.07, 6.45) is 2.40. The number of rotatable bonds is 3. The Morgan fingerprint density at radius 1 is 1.45 bits per heavy atom. The van der Waals surface area contributed by atoms with Crippen molar-refractivity contribution in [1.82, 2.24) is 5.32 Å². The first-order valence-electron chi connectivity index (χ1n) is 7.35. The summed E-state index contributed by atoms with van der Waals surface area (Å²) in [5, 5.41) is 2.83. The fourth-order valence-electron chi connectivity index (χ4n) is 2.85. The van der Waals surface area contributed by atoms with Crippen LogP contribution in [0.5, 0.6) is 0 Å². The molecule has 0 atom stereocenters. The Kier molecular flexibility index (Phi) is 4.21. The smallest absolute Gasteiger partial charge is 0.251 e. The monoisotopic (exact) mass is 275 g/mol. The zero-order valence-corrected chi connectivity index (χ0v) is 12.7. The summed E-state index contributed by atoms with van der Waals surface area (Å²) in [4.78, 5) is 14.3. The first kappa shape index (κ1) is 14.7. The van der Waals surface area contributed by atoms with Crippen LogP contribution in [-0.2, 0) is 0 Å². The molecule has 3 N–H and O–H groups in total. The van der Waals surface area contributed by atoms with Crippen molar-refractivity contribution in [3.8, 4) is 0 Å². The number of carbonyl (C=O) groups excluding carboxylic acids is 1. The Labute approximate surface area is 121 Å². The molecule has 0 aromatic heterocycles. The van der Waals surface area contributed by atoms with E-state index < -0.39 is 0 Å². The average Bonchev–Trinajstić information content (AvgIpc) is 2.38. The fourth-order valence-corrected chi connectivity index (χ4v) is 2.85. The summed E-state index contributed by atoms with van der Waals surface area (Å²) in [6.45, 7) is 9.10. The normalized spacial score (nSPS) is 17.9. The Bertz CT molecular complexity index is 496. The van der Waals surface area contributed by atoms with Crippen LogP contribution in [0.25, 0.3) is 0 Å². The van der Waals surface area contributed by atoms with E-state index in [9.17, 15) is 4.79 Å². The second-order valence-corrected chi connectivity index (χ2v) is 6.32. The first-order chi connectivity index (χ1) is 9.43. The molecular formula is C16H25N3O. The highest BCUT2D eigenvalue weighted by atomic mass is 16.1. The highest BCUT2D eigenvalue weighted by molar-refractivity contribution is 5.96. The molecular weight excluding hydrogens is 250 g/mol. The Hall–Kier alpha value is -1.71. The number of amides is 1. The van der Waals surface area contributed by atoms with Crippen LogP contribution < -0.4 is 16.0 Å². The topological polar surface area (TPSA) is 58.4 Å². The molecule has 1 aliphatic rings. The molecule has 0 radical (unpaired) electrons. The summed E-state index contributed by atoms with van der Waals surface area (Å²) in [6, 6.07) is 5.54. The van der Waals surface area contributed by atoms with Crippen molar-refractivity contribution >= 4 is 17.3 Å². The maximum atomic E-state index is 11.9. The van der Waals surface area contributed by atoms with Crippen molar-refractivity contribution in [2.45, 2.75) is 33.6 Å². The minimum Gasteiger partial charge on any atom is -0.397 e. The van der Waals surface area contributed by atoms with E-state index in [1.54, 1.807) is 6.07 Å². The van der Waals surface area contributed by atoms with Crippen molar-refractivity contribution in [2.75, 3.05) is 30.3 Å². The quantitative estimate of drug-likeness (QED) is 0.834. The summed E-state index contributed by atoms with van der Waals surface area (Å²) in [7, 11) is 0. The molecule has 0 unspecified atom stereocenters. The zero-order chi connectivity index (χ0) is 14.8. The van der Waals surface area contributed by atoms with E-state index in [0.717, 1.165) is 30.9 Å². The molecule has 110 valence electrons. The number of nitrogens with two attached hydrogens (primary N) is 1. The third kappa shape index (κ3) is 3.24. The summed E-state index contributed by atoms with van der Waals surface area (Å²) in [5.74, 6) is -0.0370. The molecule has 1 fully saturated rings. The summed E-state index contributed by atoms with van der Waals surface area (Å²) in [5.41, 5.74) is 8.82. The third-order valence-electron chi connectivity index (χ3n) is 3.87. The van der Waals surface area contributed by atoms with Gasteiger partial charge in [0, 0.05) is 25.2 Å². The van der Waals surface area contributed by atoms with Crippen molar-refractivity contribution in [1.29, 1.82) is 0 Å². The molecule has 0 saturated carbocycles. The van der Waals surface area contributed by atoms with Gasteiger partial charge in [0.25, 0.3) is 5.91 Å². The van der Waals surface area contributed by atoms with Crippen molar-refractivity contribution < 1.29 is 4.79 Å². The van der Waals surface area contributed by atoms with Gasteiger partial charge in [0.15, 0.2) is 0 Å². The van der Waals surface area contributed by atoms with Gasteiger partial charge in [-0.15, -0.1) is 0 Å². The van der Waals surface area contributed by atoms with Gasteiger partial charge in [-0.2, -0.15) is 0 Å². The number of nitrogens with zero attached hydrogens (tertiary/aromatic N) is 1. The van der Waals surface area contributed by atoms with E-state index in [1.165, 1.54) is 6.42 Å². The molecule has 0 aliphatic carbocycles. The van der Waals surface area contributed by atoms with E-state index in [4.69, 9.17) is 5.73 Å². The Morgan fingerprint density at radius 3 is 2.85 bits per heavy atom. The lowest BCUT2D eigenvalue weighted by atomic mass is 9.84. The van der Waals surface area contributed by atoms with Gasteiger partial charge < -0.3 is 16.0 Å². The second kappa shape index (κ2) is 5.73. The molecule has 1 saturated heterocycles. The van der Waals surface area contributed by atoms with Crippen LogP contribution >= 0.6 is 0 Å². The molecule has 4 nitrogen and oxygen atoms in total. The number of hydrogen-bond donors (Lipinski definition) is 2. The van der Waals surface area contributed by atoms with Crippen LogP contribution in [0.2, 0.25) is 0 Å². The van der Waals surface area contributed by atoms with Gasteiger partial charge >= 0.3 is 0 Å². The molecule has 20 heavy (non-hydrogen) atoms. The lowest BCUT2D eigenvalue weighted by Gasteiger charge is -2.40. The van der Waals surface area contributed by atoms with Crippen LogP contribution in [0.1, 0.15) is 44.0 Å². The molecule has 0 spiro atoms. The Balaban J connectivity index is 2.26. The van der Waals surface area contributed by atoms with Crippen LogP contribution in [0.15, 0.2) is 18.2 Å². The van der Waals surface area contributed by atoms with Crippen molar-refractivity contribution in [3.63, 3.8) is 0 Å². The Morgan fingerprint density at radius 2 is 2.20 bits per heavy atom. The highest BCUT2D eigenvalue weighted by Crippen LogP contribution is 2.34. The van der Waals surface area contributed by atoms with Crippen LogP contribution in [-0.4, -0.2) is 25.5 Å². The van der Waals surface area contributed by atoms with Gasteiger partial charge in [0.1, 0.15) is 0 Å². The largest absolute Gasteiger partial charge is 0.397 e. The molecule has 4 heteroatoms. The number of hydrogen-bond acceptors (Lipinski definition) is 3. The number of benzene rings is 1. The number of nitrogens with one attached hydrogen (secondary N) is 1. The number of carbonyl (C=O) groups is 1. The van der Waals surface area contributed by atoms with Crippen LogP contribution in [0, 0.1) is 5.41 Å². The molecule has 0 bridgehead atoms. The lowest BCUT2D eigenvalue weighted by molar-refractivity contribution is 0.0956. The van der Waals surface area contributed by atoms with Crippen LogP contribution in [0.3, 0.4) is 0 Å². The first-order valence-corrected chi connectivity index (χ1v) is 7.35. The van der Waals surface area contributed by atoms with Crippen molar-refractivity contribution in [3.05, 3.63) is 23.8 Å². The van der Waals surface area contributed by atoms with E-state index in [2.05, 4.69) is 24.1 Å². The van der Waals surface area contributed by atoms with Gasteiger partial charge in [-0.3, -0.25) is 4.79 Å². The molecule has 1 aromatic rings. The van der Waals surface area contributed by atoms with Gasteiger partial charge in [0.2, 0.25) is 0 Å². The van der Waals surface area contributed by atoms with Gasteiger partial charge in [-0.05, 0) is 43.4 Å². The van der Waals surface area contributed by atoms with Crippen LogP contribution in [0.4, 0.5) is 11.4 Å². The van der Waals surface area contributed by atoms with Gasteiger partial charge in [0.05, 0.1) is 11.4 Å². The fraction of sp³-hybridized carbons (Fsp3) is 0.562. The molecule has 2 rings (SSSR count). The summed E-state index contributed by atoms with van der Waals surface area (Å²) >= 11 is 0.